The highest BCUT2D eigenvalue weighted by Gasteiger charge is 2.35. The fourth-order valence-electron chi connectivity index (χ4n) is 7.31. The number of aromatic nitrogens is 3. The van der Waals surface area contributed by atoms with Gasteiger partial charge in [-0.25, -0.2) is 4.98 Å². The second-order valence-electron chi connectivity index (χ2n) is 13.6. The van der Waals surface area contributed by atoms with Gasteiger partial charge in [0.2, 0.25) is 5.91 Å². The van der Waals surface area contributed by atoms with E-state index in [9.17, 15) is 19.5 Å². The van der Waals surface area contributed by atoms with E-state index in [4.69, 9.17) is 28.2 Å². The van der Waals surface area contributed by atoms with Crippen molar-refractivity contribution in [3.05, 3.63) is 116 Å². The molecule has 2 amide bonds. The second-order valence-corrected chi connectivity index (χ2v) is 14.4. The van der Waals surface area contributed by atoms with Crippen LogP contribution in [0.3, 0.4) is 0 Å². The van der Waals surface area contributed by atoms with Crippen LogP contribution < -0.4 is 10.9 Å². The third kappa shape index (κ3) is 7.26. The number of nitrogens with one attached hydrogen (secondary N) is 1. The Balaban J connectivity index is 0.968. The molecule has 9 nitrogen and oxygen atoms in total. The molecule has 3 heterocycles. The van der Waals surface area contributed by atoms with Crippen molar-refractivity contribution in [2.45, 2.75) is 69.4 Å². The zero-order valence-electron chi connectivity index (χ0n) is 27.7. The number of hydrogen-bond donors (Lipinski definition) is 2. The van der Waals surface area contributed by atoms with Crippen molar-refractivity contribution in [2.24, 2.45) is 0 Å². The van der Waals surface area contributed by atoms with Crippen molar-refractivity contribution in [1.82, 2.24) is 24.8 Å². The number of nitrogens with zero attached hydrogens (tertiary/aromatic N) is 4. The monoisotopic (exact) mass is 711 g/mol. The molecule has 2 N–H and O–H groups in total. The minimum atomic E-state index is -1.14. The van der Waals surface area contributed by atoms with Crippen molar-refractivity contribution in [2.75, 3.05) is 19.6 Å². The SMILES string of the molecule is O=C(NCCC(CC(=O)N1CCC(O)(Cn2cnc3cc(Cl)ccc3c2=O)CC1)c1ccccc1)c1ccc2c(Cl)c3c(nc2c1)CCCC3. The van der Waals surface area contributed by atoms with Gasteiger partial charge in [-0.2, -0.15) is 0 Å². The Labute approximate surface area is 300 Å². The van der Waals surface area contributed by atoms with Crippen LogP contribution in [-0.2, 0) is 24.2 Å². The number of fused-ring (bicyclic) bond motifs is 3. The maximum absolute atomic E-state index is 13.6. The number of aliphatic hydroxyl groups is 1. The normalized spacial score (nSPS) is 16.3. The summed E-state index contributed by atoms with van der Waals surface area (Å²) < 4.78 is 1.43. The fourth-order valence-corrected chi connectivity index (χ4v) is 7.84. The predicted octanol–water partition coefficient (Wildman–Crippen LogP) is 6.48. The van der Waals surface area contributed by atoms with E-state index >= 15 is 0 Å². The first kappa shape index (κ1) is 34.2. The molecule has 11 heteroatoms. The second kappa shape index (κ2) is 14.5. The van der Waals surface area contributed by atoms with E-state index < -0.39 is 5.60 Å². The third-order valence-electron chi connectivity index (χ3n) is 10.2. The number of hydrogen-bond acceptors (Lipinski definition) is 6. The topological polar surface area (TPSA) is 117 Å². The number of carbonyl (C=O) groups is 2. The number of amides is 2. The molecule has 2 aliphatic rings. The lowest BCUT2D eigenvalue weighted by molar-refractivity contribution is -0.136. The molecule has 0 radical (unpaired) electrons. The van der Waals surface area contributed by atoms with Gasteiger partial charge in [-0.1, -0.05) is 59.6 Å². The Kier molecular flexibility index (Phi) is 9.91. The molecule has 2 aromatic heterocycles. The van der Waals surface area contributed by atoms with Crippen LogP contribution >= 0.6 is 23.2 Å². The first-order valence-electron chi connectivity index (χ1n) is 17.3. The lowest BCUT2D eigenvalue weighted by Crippen LogP contribution is -2.49. The number of likely N-dealkylation sites (tertiary alicyclic amines) is 1. The highest BCUT2D eigenvalue weighted by molar-refractivity contribution is 6.36. The van der Waals surface area contributed by atoms with Gasteiger partial charge >= 0.3 is 0 Å². The Hall–Kier alpha value is -4.31. The van der Waals surface area contributed by atoms with Gasteiger partial charge in [0.05, 0.1) is 39.9 Å². The average Bonchev–Trinajstić information content (AvgIpc) is 3.13. The smallest absolute Gasteiger partial charge is 0.261 e. The first-order chi connectivity index (χ1) is 24.2. The Morgan fingerprint density at radius 3 is 2.50 bits per heavy atom. The fraction of sp³-hybridized carbons (Fsp3) is 0.359. The van der Waals surface area contributed by atoms with Crippen LogP contribution in [0.25, 0.3) is 21.8 Å². The van der Waals surface area contributed by atoms with E-state index in [0.717, 1.165) is 58.4 Å². The summed E-state index contributed by atoms with van der Waals surface area (Å²) in [5.74, 6) is -0.306. The molecule has 258 valence electrons. The summed E-state index contributed by atoms with van der Waals surface area (Å²) in [5.41, 5.74) is 3.57. The van der Waals surface area contributed by atoms with E-state index in [1.807, 2.05) is 42.5 Å². The third-order valence-corrected chi connectivity index (χ3v) is 10.9. The first-order valence-corrected chi connectivity index (χ1v) is 18.0. The zero-order chi connectivity index (χ0) is 34.8. The van der Waals surface area contributed by atoms with Crippen molar-refractivity contribution in [3.8, 4) is 0 Å². The lowest BCUT2D eigenvalue weighted by atomic mass is 9.89. The summed E-state index contributed by atoms with van der Waals surface area (Å²) >= 11 is 12.8. The van der Waals surface area contributed by atoms with Crippen molar-refractivity contribution >= 4 is 56.8 Å². The number of pyridine rings is 1. The summed E-state index contributed by atoms with van der Waals surface area (Å²) in [6, 6.07) is 20.3. The zero-order valence-corrected chi connectivity index (χ0v) is 29.2. The van der Waals surface area contributed by atoms with Crippen LogP contribution in [0, 0.1) is 0 Å². The van der Waals surface area contributed by atoms with Gasteiger partial charge in [-0.15, -0.1) is 0 Å². The number of piperidine rings is 1. The molecule has 1 fully saturated rings. The molecule has 1 unspecified atom stereocenters. The van der Waals surface area contributed by atoms with Gasteiger partial charge in [0.25, 0.3) is 11.5 Å². The number of aryl methyl sites for hydroxylation is 1. The van der Waals surface area contributed by atoms with Crippen molar-refractivity contribution < 1.29 is 14.7 Å². The van der Waals surface area contributed by atoms with Gasteiger partial charge in [-0.05, 0) is 92.3 Å². The number of benzene rings is 3. The summed E-state index contributed by atoms with van der Waals surface area (Å²) in [6.07, 6.45) is 7.02. The molecule has 50 heavy (non-hydrogen) atoms. The molecule has 0 bridgehead atoms. The summed E-state index contributed by atoms with van der Waals surface area (Å²) in [5, 5.41) is 17.0. The largest absolute Gasteiger partial charge is 0.388 e. The number of rotatable bonds is 9. The van der Waals surface area contributed by atoms with Gasteiger partial charge in [0.15, 0.2) is 0 Å². The molecule has 1 atom stereocenters. The van der Waals surface area contributed by atoms with Gasteiger partial charge in [-0.3, -0.25) is 23.9 Å². The van der Waals surface area contributed by atoms with Crippen molar-refractivity contribution in [3.63, 3.8) is 0 Å². The van der Waals surface area contributed by atoms with Crippen LogP contribution in [0.4, 0.5) is 0 Å². The van der Waals surface area contributed by atoms with Crippen LogP contribution in [0.15, 0.2) is 77.9 Å². The average molecular weight is 713 g/mol. The Morgan fingerprint density at radius 1 is 0.940 bits per heavy atom. The Morgan fingerprint density at radius 2 is 1.70 bits per heavy atom. The summed E-state index contributed by atoms with van der Waals surface area (Å²) in [6.45, 7) is 1.24. The molecular formula is C39H39Cl2N5O4. The van der Waals surface area contributed by atoms with Crippen molar-refractivity contribution in [1.29, 1.82) is 0 Å². The van der Waals surface area contributed by atoms with E-state index in [0.29, 0.717) is 60.4 Å². The Bertz CT molecular complexity index is 2130. The van der Waals surface area contributed by atoms with E-state index in [1.54, 1.807) is 29.2 Å². The molecular weight excluding hydrogens is 673 g/mol. The lowest BCUT2D eigenvalue weighted by Gasteiger charge is -2.39. The molecule has 1 aliphatic heterocycles. The van der Waals surface area contributed by atoms with Gasteiger partial charge in [0.1, 0.15) is 0 Å². The summed E-state index contributed by atoms with van der Waals surface area (Å²) in [4.78, 5) is 50.9. The predicted molar refractivity (Wildman–Crippen MR) is 196 cm³/mol. The van der Waals surface area contributed by atoms with Crippen LogP contribution in [0.1, 0.15) is 71.6 Å². The molecule has 1 saturated heterocycles. The minimum Gasteiger partial charge on any atom is -0.388 e. The van der Waals surface area contributed by atoms with Crippen LogP contribution in [-0.4, -0.2) is 61.6 Å². The van der Waals surface area contributed by atoms with E-state index in [2.05, 4.69) is 10.3 Å². The molecule has 3 aromatic carbocycles. The molecule has 5 aromatic rings. The number of halogens is 2. The standard InChI is InChI=1S/C39H39Cl2N5O4/c40-28-11-13-31-33(22-28)43-24-46(38(31)49)23-39(50)15-18-45(19-16-39)35(47)21-26(25-6-2-1-3-7-25)14-17-42-37(48)27-10-12-30-34(20-27)44-32-9-5-4-8-29(32)36(30)41/h1-3,6-7,10-13,20,22,24,26,50H,4-5,8-9,14-19,21,23H2,(H,42,48). The highest BCUT2D eigenvalue weighted by atomic mass is 35.5. The van der Waals surface area contributed by atoms with Gasteiger partial charge < -0.3 is 15.3 Å². The molecule has 0 spiro atoms. The van der Waals surface area contributed by atoms with E-state index in [1.165, 1.54) is 10.9 Å². The molecule has 1 aliphatic carbocycles. The quantitative estimate of drug-likeness (QED) is 0.181. The maximum Gasteiger partial charge on any atom is 0.261 e. The van der Waals surface area contributed by atoms with Crippen LogP contribution in [0.5, 0.6) is 0 Å². The molecule has 7 rings (SSSR count). The number of carbonyl (C=O) groups excluding carboxylic acids is 2. The molecule has 0 saturated carbocycles. The summed E-state index contributed by atoms with van der Waals surface area (Å²) in [7, 11) is 0. The highest BCUT2D eigenvalue weighted by Crippen LogP contribution is 2.33. The minimum absolute atomic E-state index is 0.00513. The van der Waals surface area contributed by atoms with Gasteiger partial charge in [0, 0.05) is 47.7 Å². The maximum atomic E-state index is 13.6. The van der Waals surface area contributed by atoms with E-state index in [-0.39, 0.29) is 36.3 Å². The van der Waals surface area contributed by atoms with Crippen LogP contribution in [0.2, 0.25) is 10.0 Å².